The lowest BCUT2D eigenvalue weighted by Gasteiger charge is -2.47. The lowest BCUT2D eigenvalue weighted by molar-refractivity contribution is 0.00720. The van der Waals surface area contributed by atoms with Gasteiger partial charge in [0, 0.05) is 31.7 Å². The average molecular weight is 352 g/mol. The summed E-state index contributed by atoms with van der Waals surface area (Å²) in [6, 6.07) is 14.3. The smallest absolute Gasteiger partial charge is 0.283 e. The first-order chi connectivity index (χ1) is 12.6. The molecular weight excluding hydrogens is 328 g/mol. The van der Waals surface area contributed by atoms with E-state index < -0.39 is 0 Å². The van der Waals surface area contributed by atoms with Crippen molar-refractivity contribution in [1.82, 2.24) is 20.0 Å². The largest absolute Gasteiger partial charge is 0.459 e. The fourth-order valence-corrected chi connectivity index (χ4v) is 3.53. The first-order valence-corrected chi connectivity index (χ1v) is 8.98. The highest BCUT2D eigenvalue weighted by Gasteiger charge is 2.34. The van der Waals surface area contributed by atoms with E-state index in [9.17, 15) is 0 Å². The molecule has 0 aliphatic carbocycles. The molecule has 0 unspecified atom stereocenters. The van der Waals surface area contributed by atoms with E-state index in [1.54, 1.807) is 6.26 Å². The minimum absolute atomic E-state index is 0.0813. The van der Waals surface area contributed by atoms with Gasteiger partial charge in [-0.3, -0.25) is 9.80 Å². The van der Waals surface area contributed by atoms with Crippen molar-refractivity contribution in [2.45, 2.75) is 32.5 Å². The third-order valence-corrected chi connectivity index (χ3v) is 4.93. The SMILES string of the molecule is CC1(C)CN(Cc2nnc(-c3ccco3)o2)CCN1Cc1ccccc1. The third-order valence-electron chi connectivity index (χ3n) is 4.93. The molecular formula is C20H24N4O2. The van der Waals surface area contributed by atoms with Gasteiger partial charge < -0.3 is 8.83 Å². The van der Waals surface area contributed by atoms with Gasteiger partial charge in [0.05, 0.1) is 12.8 Å². The van der Waals surface area contributed by atoms with Gasteiger partial charge in [-0.15, -0.1) is 10.2 Å². The van der Waals surface area contributed by atoms with Crippen LogP contribution in [-0.2, 0) is 13.1 Å². The second kappa shape index (κ2) is 7.05. The molecule has 4 rings (SSSR count). The van der Waals surface area contributed by atoms with E-state index in [0.717, 1.165) is 26.2 Å². The highest BCUT2D eigenvalue weighted by molar-refractivity contribution is 5.42. The van der Waals surface area contributed by atoms with Crippen LogP contribution in [0.2, 0.25) is 0 Å². The molecule has 0 spiro atoms. The molecule has 6 nitrogen and oxygen atoms in total. The molecule has 3 aromatic rings. The highest BCUT2D eigenvalue weighted by atomic mass is 16.4. The maximum absolute atomic E-state index is 5.75. The van der Waals surface area contributed by atoms with Gasteiger partial charge in [-0.1, -0.05) is 30.3 Å². The summed E-state index contributed by atoms with van der Waals surface area (Å²) < 4.78 is 11.1. The molecule has 1 aromatic carbocycles. The number of benzene rings is 1. The van der Waals surface area contributed by atoms with Crippen LogP contribution in [0.25, 0.3) is 11.7 Å². The molecule has 0 radical (unpaired) electrons. The summed E-state index contributed by atoms with van der Waals surface area (Å²) in [6.07, 6.45) is 1.60. The van der Waals surface area contributed by atoms with E-state index in [1.807, 2.05) is 12.1 Å². The van der Waals surface area contributed by atoms with Gasteiger partial charge in [-0.25, -0.2) is 0 Å². The molecule has 1 aliphatic heterocycles. The molecule has 2 aromatic heterocycles. The van der Waals surface area contributed by atoms with Gasteiger partial charge >= 0.3 is 0 Å². The van der Waals surface area contributed by atoms with Crippen LogP contribution in [0.4, 0.5) is 0 Å². The lowest BCUT2D eigenvalue weighted by atomic mass is 9.97. The van der Waals surface area contributed by atoms with E-state index >= 15 is 0 Å². The Morgan fingerprint density at radius 1 is 1.00 bits per heavy atom. The number of furan rings is 1. The fourth-order valence-electron chi connectivity index (χ4n) is 3.53. The Morgan fingerprint density at radius 3 is 2.58 bits per heavy atom. The van der Waals surface area contributed by atoms with Crippen LogP contribution >= 0.6 is 0 Å². The summed E-state index contributed by atoms with van der Waals surface area (Å²) in [7, 11) is 0. The highest BCUT2D eigenvalue weighted by Crippen LogP contribution is 2.25. The zero-order chi connectivity index (χ0) is 18.0. The molecule has 0 bridgehead atoms. The first-order valence-electron chi connectivity index (χ1n) is 8.98. The molecule has 3 heterocycles. The standard InChI is InChI=1S/C20H24N4O2/c1-20(2)15-23(10-11-24(20)13-16-7-4-3-5-8-16)14-18-21-22-19(26-18)17-9-6-12-25-17/h3-9,12H,10-11,13-15H2,1-2H3. The number of piperazine rings is 1. The van der Waals surface area contributed by atoms with E-state index in [-0.39, 0.29) is 5.54 Å². The van der Waals surface area contributed by atoms with Crippen molar-refractivity contribution >= 4 is 0 Å². The van der Waals surface area contributed by atoms with Crippen LogP contribution in [0, 0.1) is 0 Å². The molecule has 0 N–H and O–H groups in total. The van der Waals surface area contributed by atoms with Crippen molar-refractivity contribution in [1.29, 1.82) is 0 Å². The zero-order valence-corrected chi connectivity index (χ0v) is 15.3. The summed E-state index contributed by atoms with van der Waals surface area (Å²) in [6.45, 7) is 9.18. The van der Waals surface area contributed by atoms with Gasteiger partial charge in [-0.05, 0) is 31.5 Å². The summed E-state index contributed by atoms with van der Waals surface area (Å²) in [5.74, 6) is 1.67. The summed E-state index contributed by atoms with van der Waals surface area (Å²) in [5.41, 5.74) is 1.44. The van der Waals surface area contributed by atoms with E-state index in [4.69, 9.17) is 8.83 Å². The van der Waals surface area contributed by atoms with E-state index in [1.165, 1.54) is 5.56 Å². The van der Waals surface area contributed by atoms with Crippen LogP contribution in [0.5, 0.6) is 0 Å². The zero-order valence-electron chi connectivity index (χ0n) is 15.3. The van der Waals surface area contributed by atoms with Crippen molar-refractivity contribution in [3.05, 3.63) is 60.2 Å². The fraction of sp³-hybridized carbons (Fsp3) is 0.400. The van der Waals surface area contributed by atoms with Gasteiger partial charge in [0.25, 0.3) is 5.89 Å². The second-order valence-electron chi connectivity index (χ2n) is 7.41. The molecule has 0 atom stereocenters. The van der Waals surface area contributed by atoms with Gasteiger partial charge in [0.1, 0.15) is 0 Å². The normalized spacial score (nSPS) is 18.2. The molecule has 26 heavy (non-hydrogen) atoms. The number of hydrogen-bond donors (Lipinski definition) is 0. The minimum Gasteiger partial charge on any atom is -0.459 e. The van der Waals surface area contributed by atoms with Crippen LogP contribution in [0.3, 0.4) is 0 Å². The summed E-state index contributed by atoms with van der Waals surface area (Å²) in [5, 5.41) is 8.25. The molecule has 0 saturated carbocycles. The summed E-state index contributed by atoms with van der Waals surface area (Å²) >= 11 is 0. The van der Waals surface area contributed by atoms with Crippen LogP contribution < -0.4 is 0 Å². The Kier molecular flexibility index (Phi) is 4.61. The molecule has 6 heteroatoms. The minimum atomic E-state index is 0.0813. The Hall–Kier alpha value is -2.44. The van der Waals surface area contributed by atoms with Gasteiger partial charge in [0.15, 0.2) is 5.76 Å². The first kappa shape index (κ1) is 17.0. The van der Waals surface area contributed by atoms with Crippen LogP contribution in [0.15, 0.2) is 57.6 Å². The lowest BCUT2D eigenvalue weighted by Crippen LogP contribution is -2.58. The molecule has 0 amide bonds. The molecule has 1 fully saturated rings. The maximum Gasteiger partial charge on any atom is 0.283 e. The van der Waals surface area contributed by atoms with Crippen molar-refractivity contribution in [3.63, 3.8) is 0 Å². The maximum atomic E-state index is 5.75. The monoisotopic (exact) mass is 352 g/mol. The van der Waals surface area contributed by atoms with Gasteiger partial charge in [0.2, 0.25) is 5.89 Å². The molecule has 136 valence electrons. The van der Waals surface area contributed by atoms with Crippen LogP contribution in [-0.4, -0.2) is 45.2 Å². The van der Waals surface area contributed by atoms with E-state index in [2.05, 4.69) is 64.2 Å². The third kappa shape index (κ3) is 3.71. The average Bonchev–Trinajstić information content (AvgIpc) is 3.29. The predicted molar refractivity (Wildman–Crippen MR) is 98.2 cm³/mol. The number of aromatic nitrogens is 2. The van der Waals surface area contributed by atoms with Crippen molar-refractivity contribution in [2.24, 2.45) is 0 Å². The predicted octanol–water partition coefficient (Wildman–Crippen LogP) is 3.43. The quantitative estimate of drug-likeness (QED) is 0.701. The summed E-state index contributed by atoms with van der Waals surface area (Å²) in [4.78, 5) is 4.92. The number of nitrogens with zero attached hydrogens (tertiary/aromatic N) is 4. The Morgan fingerprint density at radius 2 is 1.85 bits per heavy atom. The number of rotatable bonds is 5. The second-order valence-corrected chi connectivity index (χ2v) is 7.41. The van der Waals surface area contributed by atoms with E-state index in [0.29, 0.717) is 24.1 Å². The Labute approximate surface area is 153 Å². The topological polar surface area (TPSA) is 58.5 Å². The molecule has 1 aliphatic rings. The van der Waals surface area contributed by atoms with Gasteiger partial charge in [-0.2, -0.15) is 0 Å². The van der Waals surface area contributed by atoms with Crippen molar-refractivity contribution in [3.8, 4) is 11.7 Å². The molecule has 1 saturated heterocycles. The van der Waals surface area contributed by atoms with Crippen molar-refractivity contribution < 1.29 is 8.83 Å². The Balaban J connectivity index is 1.38. The Bertz CT molecular complexity index is 827. The number of hydrogen-bond acceptors (Lipinski definition) is 6. The van der Waals surface area contributed by atoms with Crippen molar-refractivity contribution in [2.75, 3.05) is 19.6 Å². The van der Waals surface area contributed by atoms with Crippen LogP contribution in [0.1, 0.15) is 25.3 Å².